The summed E-state index contributed by atoms with van der Waals surface area (Å²) in [6.07, 6.45) is -2.46. The van der Waals surface area contributed by atoms with Crippen LogP contribution in [0.5, 0.6) is 11.5 Å². The van der Waals surface area contributed by atoms with Crippen LogP contribution in [0.15, 0.2) is 18.2 Å². The Balaban J connectivity index is 2.52. The highest BCUT2D eigenvalue weighted by atomic mass is 16.7. The summed E-state index contributed by atoms with van der Waals surface area (Å²) in [6.45, 7) is 6.53. The predicted octanol–water partition coefficient (Wildman–Crippen LogP) is 1.85. The van der Waals surface area contributed by atoms with Gasteiger partial charge in [-0.3, -0.25) is 4.79 Å². The summed E-state index contributed by atoms with van der Waals surface area (Å²) in [6, 6.07) is 3.20. The average molecular weight is 355 g/mol. The first-order valence-corrected chi connectivity index (χ1v) is 7.94. The molecule has 0 aliphatic carbocycles. The van der Waals surface area contributed by atoms with Gasteiger partial charge in [-0.2, -0.15) is 0 Å². The zero-order valence-corrected chi connectivity index (χ0v) is 14.8. The van der Waals surface area contributed by atoms with Crippen molar-refractivity contribution in [2.24, 2.45) is 5.73 Å². The lowest BCUT2D eigenvalue weighted by molar-refractivity contribution is -0.155. The van der Waals surface area contributed by atoms with Crippen LogP contribution >= 0.6 is 0 Å². The predicted molar refractivity (Wildman–Crippen MR) is 89.2 cm³/mol. The minimum atomic E-state index is -0.971. The normalized spacial score (nSPS) is 14.5. The van der Waals surface area contributed by atoms with Crippen molar-refractivity contribution in [1.82, 2.24) is 0 Å². The molecule has 140 valence electrons. The quantitative estimate of drug-likeness (QED) is 0.499. The van der Waals surface area contributed by atoms with Gasteiger partial charge in [0.15, 0.2) is 11.5 Å². The number of phenolic OH excluding ortho intramolecular Hbond substituents is 2. The Kier molecular flexibility index (Phi) is 7.50. The van der Waals surface area contributed by atoms with Gasteiger partial charge < -0.3 is 30.2 Å². The molecule has 0 radical (unpaired) electrons. The summed E-state index contributed by atoms with van der Waals surface area (Å²) >= 11 is 0. The molecule has 0 aliphatic rings. The maximum atomic E-state index is 12.0. The van der Waals surface area contributed by atoms with Crippen molar-refractivity contribution in [3.8, 4) is 11.5 Å². The van der Waals surface area contributed by atoms with Gasteiger partial charge in [-0.05, 0) is 51.8 Å². The lowest BCUT2D eigenvalue weighted by Crippen LogP contribution is -2.39. The Morgan fingerprint density at radius 2 is 1.60 bits per heavy atom. The highest BCUT2D eigenvalue weighted by Crippen LogP contribution is 2.25. The summed E-state index contributed by atoms with van der Waals surface area (Å²) in [5.74, 6) is -1.22. The smallest absolute Gasteiger partial charge is 0.504 e. The minimum Gasteiger partial charge on any atom is -0.504 e. The molecule has 4 N–H and O–H groups in total. The number of carbonyl (C=O) groups is 2. The monoisotopic (exact) mass is 355 g/mol. The van der Waals surface area contributed by atoms with E-state index in [2.05, 4.69) is 0 Å². The van der Waals surface area contributed by atoms with Crippen LogP contribution in [0.1, 0.15) is 33.3 Å². The lowest BCUT2D eigenvalue weighted by atomic mass is 10.1. The molecule has 0 aliphatic heterocycles. The number of hydrogen-bond donors (Lipinski definition) is 3. The highest BCUT2D eigenvalue weighted by molar-refractivity contribution is 5.76. The van der Waals surface area contributed by atoms with Gasteiger partial charge in [0.05, 0.1) is 6.10 Å². The van der Waals surface area contributed by atoms with Gasteiger partial charge in [0, 0.05) is 0 Å². The van der Waals surface area contributed by atoms with Crippen molar-refractivity contribution in [3.63, 3.8) is 0 Å². The van der Waals surface area contributed by atoms with Crippen LogP contribution in [-0.4, -0.2) is 46.7 Å². The Morgan fingerprint density at radius 1 is 1.00 bits per heavy atom. The van der Waals surface area contributed by atoms with Crippen LogP contribution in [0.2, 0.25) is 0 Å². The number of aromatic hydroxyl groups is 2. The fraction of sp³-hybridized carbons (Fsp3) is 0.529. The zero-order chi connectivity index (χ0) is 19.1. The first kappa shape index (κ1) is 20.6. The summed E-state index contributed by atoms with van der Waals surface area (Å²) < 4.78 is 15.1. The van der Waals surface area contributed by atoms with Gasteiger partial charge in [0.2, 0.25) is 0 Å². The third-order valence-electron chi connectivity index (χ3n) is 3.38. The maximum absolute atomic E-state index is 12.0. The fourth-order valence-electron chi connectivity index (χ4n) is 1.87. The summed E-state index contributed by atoms with van der Waals surface area (Å²) in [7, 11) is 0. The lowest BCUT2D eigenvalue weighted by Gasteiger charge is -2.22. The van der Waals surface area contributed by atoms with Crippen molar-refractivity contribution in [2.75, 3.05) is 0 Å². The summed E-state index contributed by atoms with van der Waals surface area (Å²) in [5.41, 5.74) is 6.37. The molecule has 0 spiro atoms. The van der Waals surface area contributed by atoms with Gasteiger partial charge in [0.25, 0.3) is 0 Å². The van der Waals surface area contributed by atoms with Gasteiger partial charge in [0.1, 0.15) is 18.2 Å². The average Bonchev–Trinajstić information content (AvgIpc) is 2.49. The van der Waals surface area contributed by atoms with E-state index in [1.165, 1.54) is 12.1 Å². The number of esters is 1. The van der Waals surface area contributed by atoms with Crippen LogP contribution in [0.25, 0.3) is 0 Å². The van der Waals surface area contributed by atoms with Gasteiger partial charge in [-0.25, -0.2) is 4.79 Å². The molecule has 0 fully saturated rings. The van der Waals surface area contributed by atoms with Gasteiger partial charge in [-0.15, -0.1) is 0 Å². The number of nitrogens with two attached hydrogens (primary N) is 1. The topological polar surface area (TPSA) is 128 Å². The molecule has 0 heterocycles. The summed E-state index contributed by atoms with van der Waals surface area (Å²) in [4.78, 5) is 23.5. The van der Waals surface area contributed by atoms with Crippen molar-refractivity contribution < 1.29 is 34.0 Å². The molecule has 0 unspecified atom stereocenters. The van der Waals surface area contributed by atoms with E-state index >= 15 is 0 Å². The van der Waals surface area contributed by atoms with E-state index < -0.39 is 30.4 Å². The van der Waals surface area contributed by atoms with E-state index in [4.69, 9.17) is 19.9 Å². The van der Waals surface area contributed by atoms with Crippen LogP contribution in [-0.2, 0) is 25.4 Å². The second kappa shape index (κ2) is 9.12. The zero-order valence-electron chi connectivity index (χ0n) is 14.8. The number of benzene rings is 1. The molecule has 3 atom stereocenters. The maximum Gasteiger partial charge on any atom is 0.508 e. The van der Waals surface area contributed by atoms with Crippen molar-refractivity contribution in [2.45, 2.75) is 58.5 Å². The van der Waals surface area contributed by atoms with Crippen LogP contribution < -0.4 is 5.73 Å². The molecule has 1 rings (SSSR count). The van der Waals surface area contributed by atoms with Crippen LogP contribution in [0.3, 0.4) is 0 Å². The number of hydrogen-bond acceptors (Lipinski definition) is 8. The van der Waals surface area contributed by atoms with E-state index in [0.29, 0.717) is 5.56 Å². The third kappa shape index (κ3) is 6.88. The molecule has 0 bridgehead atoms. The highest BCUT2D eigenvalue weighted by Gasteiger charge is 2.25. The molecule has 0 saturated carbocycles. The van der Waals surface area contributed by atoms with E-state index in [1.807, 2.05) is 0 Å². The van der Waals surface area contributed by atoms with E-state index in [1.54, 1.807) is 33.8 Å². The number of carbonyl (C=O) groups excluding carboxylic acids is 2. The summed E-state index contributed by atoms with van der Waals surface area (Å²) in [5, 5.41) is 18.7. The largest absolute Gasteiger partial charge is 0.508 e. The molecule has 1 aromatic rings. The van der Waals surface area contributed by atoms with E-state index in [-0.39, 0.29) is 24.0 Å². The van der Waals surface area contributed by atoms with E-state index in [9.17, 15) is 19.8 Å². The van der Waals surface area contributed by atoms with E-state index in [0.717, 1.165) is 0 Å². The van der Waals surface area contributed by atoms with Gasteiger partial charge in [-0.1, -0.05) is 6.07 Å². The van der Waals surface area contributed by atoms with Crippen LogP contribution in [0, 0.1) is 0 Å². The molecule has 25 heavy (non-hydrogen) atoms. The van der Waals surface area contributed by atoms with Crippen LogP contribution in [0.4, 0.5) is 4.79 Å². The molecule has 8 nitrogen and oxygen atoms in total. The molecule has 8 heteroatoms. The minimum absolute atomic E-state index is 0.115. The first-order chi connectivity index (χ1) is 11.6. The fourth-order valence-corrected chi connectivity index (χ4v) is 1.87. The van der Waals surface area contributed by atoms with Crippen molar-refractivity contribution in [3.05, 3.63) is 23.8 Å². The SMILES string of the molecule is CC(C)OC(=O)O[C@H](C)[C@@H](C)OC(=O)[C@@H](N)Cc1ccc(O)c(O)c1. The number of ether oxygens (including phenoxy) is 3. The number of rotatable bonds is 7. The molecule has 1 aromatic carbocycles. The Hall–Kier alpha value is -2.48. The Bertz CT molecular complexity index is 603. The van der Waals surface area contributed by atoms with Crippen molar-refractivity contribution in [1.29, 1.82) is 0 Å². The number of phenols is 2. The molecule has 0 amide bonds. The Labute approximate surface area is 146 Å². The van der Waals surface area contributed by atoms with Crippen molar-refractivity contribution >= 4 is 12.1 Å². The second-order valence-corrected chi connectivity index (χ2v) is 6.02. The Morgan fingerprint density at radius 3 is 2.16 bits per heavy atom. The first-order valence-electron chi connectivity index (χ1n) is 7.94. The molecule has 0 aromatic heterocycles. The standard InChI is InChI=1S/C17H25NO7/c1-9(2)23-17(22)25-11(4)10(3)24-16(21)13(18)7-12-5-6-14(19)15(20)8-12/h5-6,8-11,13,19-20H,7,18H2,1-4H3/t10-,11-,13+/m1/s1. The molecule has 0 saturated heterocycles. The second-order valence-electron chi connectivity index (χ2n) is 6.02. The molecular weight excluding hydrogens is 330 g/mol. The third-order valence-corrected chi connectivity index (χ3v) is 3.38. The van der Waals surface area contributed by atoms with Gasteiger partial charge >= 0.3 is 12.1 Å². The molecular formula is C17H25NO7.